The molecule has 0 unspecified atom stereocenters. The number of hydrogen-bond donors (Lipinski definition) is 1. The Bertz CT molecular complexity index is 221. The molecule has 0 saturated heterocycles. The summed E-state index contributed by atoms with van der Waals surface area (Å²) in [6.07, 6.45) is 11.2. The largest absolute Gasteiger partial charge is 0.385 e. The van der Waals surface area contributed by atoms with E-state index in [0.29, 0.717) is 0 Å². The van der Waals surface area contributed by atoms with Crippen LogP contribution in [0.4, 0.5) is 0 Å². The van der Waals surface area contributed by atoms with Gasteiger partial charge in [-0.3, -0.25) is 0 Å². The van der Waals surface area contributed by atoms with Crippen LogP contribution in [0.1, 0.15) is 12.8 Å². The summed E-state index contributed by atoms with van der Waals surface area (Å²) in [4.78, 5) is 0. The summed E-state index contributed by atoms with van der Waals surface area (Å²) < 4.78 is 0. The SMILES string of the molecule is C1=CC2=CCCNC2=CC1. The number of hydrogen-bond acceptors (Lipinski definition) is 1. The van der Waals surface area contributed by atoms with Gasteiger partial charge in [-0.25, -0.2) is 0 Å². The summed E-state index contributed by atoms with van der Waals surface area (Å²) in [7, 11) is 0. The monoisotopic (exact) mass is 133 g/mol. The zero-order chi connectivity index (χ0) is 6.81. The molecule has 1 heterocycles. The summed E-state index contributed by atoms with van der Waals surface area (Å²) in [5.41, 5.74) is 2.70. The van der Waals surface area contributed by atoms with E-state index in [4.69, 9.17) is 0 Å². The fourth-order valence-corrected chi connectivity index (χ4v) is 1.38. The molecule has 0 saturated carbocycles. The van der Waals surface area contributed by atoms with Gasteiger partial charge < -0.3 is 5.32 Å². The van der Waals surface area contributed by atoms with Crippen LogP contribution in [0.3, 0.4) is 0 Å². The van der Waals surface area contributed by atoms with Gasteiger partial charge in [0.15, 0.2) is 0 Å². The van der Waals surface area contributed by atoms with Crippen LogP contribution in [0.25, 0.3) is 0 Å². The van der Waals surface area contributed by atoms with Crippen LogP contribution in [0.15, 0.2) is 35.6 Å². The second-order valence-corrected chi connectivity index (χ2v) is 2.63. The van der Waals surface area contributed by atoms with Gasteiger partial charge in [0.25, 0.3) is 0 Å². The molecule has 0 amide bonds. The highest BCUT2D eigenvalue weighted by molar-refractivity contribution is 5.43. The molecule has 1 heteroatoms. The summed E-state index contributed by atoms with van der Waals surface area (Å²) in [5, 5.41) is 3.36. The van der Waals surface area contributed by atoms with E-state index in [1.54, 1.807) is 0 Å². The second-order valence-electron chi connectivity index (χ2n) is 2.63. The Balaban J connectivity index is 2.32. The molecule has 1 nitrogen and oxygen atoms in total. The Morgan fingerprint density at radius 3 is 3.20 bits per heavy atom. The van der Waals surface area contributed by atoms with Gasteiger partial charge in [-0.15, -0.1) is 0 Å². The first-order valence-electron chi connectivity index (χ1n) is 3.78. The average molecular weight is 133 g/mol. The second kappa shape index (κ2) is 2.33. The molecule has 0 aromatic carbocycles. The molecule has 1 N–H and O–H groups in total. The number of fused-ring (bicyclic) bond motifs is 1. The van der Waals surface area contributed by atoms with Crippen LogP contribution in [-0.2, 0) is 0 Å². The molecule has 1 aliphatic carbocycles. The van der Waals surface area contributed by atoms with Crippen molar-refractivity contribution >= 4 is 0 Å². The predicted octanol–water partition coefficient (Wildman–Crippen LogP) is 1.75. The molecule has 52 valence electrons. The van der Waals surface area contributed by atoms with Crippen molar-refractivity contribution in [2.75, 3.05) is 6.54 Å². The molecule has 0 atom stereocenters. The zero-order valence-electron chi connectivity index (χ0n) is 5.93. The maximum absolute atomic E-state index is 3.36. The van der Waals surface area contributed by atoms with Crippen LogP contribution in [-0.4, -0.2) is 6.54 Å². The molecule has 2 rings (SSSR count). The third-order valence-corrected chi connectivity index (χ3v) is 1.89. The van der Waals surface area contributed by atoms with Gasteiger partial charge in [-0.2, -0.15) is 0 Å². The maximum atomic E-state index is 3.36. The Labute approximate surface area is 61.1 Å². The lowest BCUT2D eigenvalue weighted by molar-refractivity contribution is 0.776. The standard InChI is InChI=1S/C9H11N/c1-2-6-9-8(4-1)5-3-7-10-9/h1,4-6,10H,2-3,7H2. The third kappa shape index (κ3) is 0.878. The van der Waals surface area contributed by atoms with Crippen molar-refractivity contribution in [1.82, 2.24) is 5.32 Å². The van der Waals surface area contributed by atoms with Gasteiger partial charge in [0.2, 0.25) is 0 Å². The molecular formula is C9H11N. The highest BCUT2D eigenvalue weighted by Gasteiger charge is 2.07. The summed E-state index contributed by atoms with van der Waals surface area (Å²) in [5.74, 6) is 0. The topological polar surface area (TPSA) is 12.0 Å². The summed E-state index contributed by atoms with van der Waals surface area (Å²) in [6, 6.07) is 0. The van der Waals surface area contributed by atoms with Crippen LogP contribution in [0.2, 0.25) is 0 Å². The first kappa shape index (κ1) is 5.78. The van der Waals surface area contributed by atoms with Crippen molar-refractivity contribution in [3.63, 3.8) is 0 Å². The predicted molar refractivity (Wildman–Crippen MR) is 42.5 cm³/mol. The fraction of sp³-hybridized carbons (Fsp3) is 0.333. The van der Waals surface area contributed by atoms with Gasteiger partial charge in [0.1, 0.15) is 0 Å². The Kier molecular flexibility index (Phi) is 1.35. The van der Waals surface area contributed by atoms with Crippen molar-refractivity contribution in [2.45, 2.75) is 12.8 Å². The van der Waals surface area contributed by atoms with Gasteiger partial charge in [-0.1, -0.05) is 24.3 Å². The molecule has 0 spiro atoms. The molecule has 0 aromatic rings. The van der Waals surface area contributed by atoms with Gasteiger partial charge >= 0.3 is 0 Å². The smallest absolute Gasteiger partial charge is 0.0373 e. The Hall–Kier alpha value is -0.980. The fourth-order valence-electron chi connectivity index (χ4n) is 1.38. The minimum Gasteiger partial charge on any atom is -0.385 e. The third-order valence-electron chi connectivity index (χ3n) is 1.89. The quantitative estimate of drug-likeness (QED) is 0.531. The lowest BCUT2D eigenvalue weighted by Gasteiger charge is -2.18. The summed E-state index contributed by atoms with van der Waals surface area (Å²) in [6.45, 7) is 1.10. The van der Waals surface area contributed by atoms with Crippen LogP contribution in [0, 0.1) is 0 Å². The molecule has 10 heavy (non-hydrogen) atoms. The van der Waals surface area contributed by atoms with Crippen LogP contribution in [0.5, 0.6) is 0 Å². The minimum atomic E-state index is 1.08. The Morgan fingerprint density at radius 2 is 2.30 bits per heavy atom. The van der Waals surface area contributed by atoms with E-state index in [2.05, 4.69) is 29.6 Å². The van der Waals surface area contributed by atoms with Crippen molar-refractivity contribution in [1.29, 1.82) is 0 Å². The summed E-state index contributed by atoms with van der Waals surface area (Å²) >= 11 is 0. The number of allylic oxidation sites excluding steroid dienone is 3. The van der Waals surface area contributed by atoms with E-state index in [-0.39, 0.29) is 0 Å². The minimum absolute atomic E-state index is 1.08. The van der Waals surface area contributed by atoms with Crippen LogP contribution < -0.4 is 5.32 Å². The first-order chi connectivity index (χ1) is 4.97. The molecule has 2 aliphatic rings. The van der Waals surface area contributed by atoms with E-state index < -0.39 is 0 Å². The van der Waals surface area contributed by atoms with Crippen molar-refractivity contribution in [3.8, 4) is 0 Å². The van der Waals surface area contributed by atoms with Crippen LogP contribution >= 0.6 is 0 Å². The maximum Gasteiger partial charge on any atom is 0.0373 e. The molecule has 0 bridgehead atoms. The van der Waals surface area contributed by atoms with E-state index in [1.165, 1.54) is 11.3 Å². The van der Waals surface area contributed by atoms with Gasteiger partial charge in [0.05, 0.1) is 0 Å². The normalized spacial score (nSPS) is 22.4. The number of rotatable bonds is 0. The first-order valence-corrected chi connectivity index (χ1v) is 3.78. The Morgan fingerprint density at radius 1 is 1.30 bits per heavy atom. The highest BCUT2D eigenvalue weighted by atomic mass is 14.9. The van der Waals surface area contributed by atoms with Crippen molar-refractivity contribution in [3.05, 3.63) is 35.6 Å². The zero-order valence-corrected chi connectivity index (χ0v) is 5.93. The highest BCUT2D eigenvalue weighted by Crippen LogP contribution is 2.18. The molecule has 1 aliphatic heterocycles. The molecule has 0 aromatic heterocycles. The van der Waals surface area contributed by atoms with Crippen molar-refractivity contribution < 1.29 is 0 Å². The lowest BCUT2D eigenvalue weighted by Crippen LogP contribution is -2.20. The van der Waals surface area contributed by atoms with Crippen molar-refractivity contribution in [2.24, 2.45) is 0 Å². The van der Waals surface area contributed by atoms with E-state index in [9.17, 15) is 0 Å². The van der Waals surface area contributed by atoms with E-state index >= 15 is 0 Å². The molecule has 0 fully saturated rings. The van der Waals surface area contributed by atoms with Gasteiger partial charge in [0, 0.05) is 12.2 Å². The van der Waals surface area contributed by atoms with Gasteiger partial charge in [-0.05, 0) is 18.4 Å². The number of nitrogens with one attached hydrogen (secondary N) is 1. The average Bonchev–Trinajstić information content (AvgIpc) is 2.05. The lowest BCUT2D eigenvalue weighted by atomic mass is 10.0. The van der Waals surface area contributed by atoms with E-state index in [0.717, 1.165) is 19.4 Å². The molecular weight excluding hydrogens is 122 g/mol. The molecule has 0 radical (unpaired) electrons. The van der Waals surface area contributed by atoms with E-state index in [1.807, 2.05) is 0 Å².